The van der Waals surface area contributed by atoms with Gasteiger partial charge in [0.1, 0.15) is 18.5 Å². The van der Waals surface area contributed by atoms with Gasteiger partial charge in [0.2, 0.25) is 0 Å². The smallest absolute Gasteiger partial charge is 0.407 e. The molecule has 7 heteroatoms. The second-order valence-corrected chi connectivity index (χ2v) is 3.82. The van der Waals surface area contributed by atoms with Crippen molar-refractivity contribution in [2.24, 2.45) is 0 Å². The van der Waals surface area contributed by atoms with E-state index in [2.05, 4.69) is 15.4 Å². The minimum atomic E-state index is -0.744. The van der Waals surface area contributed by atoms with Gasteiger partial charge >= 0.3 is 6.09 Å². The average molecular weight is 259 g/mol. The minimum Gasteiger partial charge on any atom is -0.447 e. The molecule has 1 saturated heterocycles. The third-order valence-electron chi connectivity index (χ3n) is 2.18. The van der Waals surface area contributed by atoms with Crippen LogP contribution in [0.3, 0.4) is 0 Å². The molecule has 1 heterocycles. The van der Waals surface area contributed by atoms with Crippen molar-refractivity contribution in [2.75, 3.05) is 11.9 Å². The van der Waals surface area contributed by atoms with E-state index in [9.17, 15) is 14.0 Å². The molecule has 1 unspecified atom stereocenters. The van der Waals surface area contributed by atoms with Gasteiger partial charge in [0, 0.05) is 5.69 Å². The van der Waals surface area contributed by atoms with Crippen LogP contribution in [0.25, 0.3) is 0 Å². The molecule has 1 aliphatic heterocycles. The van der Waals surface area contributed by atoms with Crippen molar-refractivity contribution in [1.29, 1.82) is 0 Å². The number of hydrogen-bond acceptors (Lipinski definition) is 3. The first-order valence-corrected chi connectivity index (χ1v) is 5.13. The van der Waals surface area contributed by atoms with Crippen molar-refractivity contribution in [3.05, 3.63) is 29.0 Å². The third kappa shape index (κ3) is 2.65. The number of cyclic esters (lactones) is 1. The SMILES string of the molecule is O=C1NC(C(=O)Nc2ccc(F)c(Cl)c2)CO1. The molecule has 17 heavy (non-hydrogen) atoms. The fourth-order valence-corrected chi connectivity index (χ4v) is 1.51. The molecule has 2 rings (SSSR count). The lowest BCUT2D eigenvalue weighted by atomic mass is 10.2. The van der Waals surface area contributed by atoms with Gasteiger partial charge in [-0.25, -0.2) is 9.18 Å². The van der Waals surface area contributed by atoms with Gasteiger partial charge in [-0.1, -0.05) is 11.6 Å². The number of alkyl carbamates (subject to hydrolysis) is 1. The van der Waals surface area contributed by atoms with Crippen molar-refractivity contribution in [2.45, 2.75) is 6.04 Å². The molecule has 0 spiro atoms. The molecule has 90 valence electrons. The van der Waals surface area contributed by atoms with Gasteiger partial charge in [-0.3, -0.25) is 4.79 Å². The Labute approximate surface area is 101 Å². The van der Waals surface area contributed by atoms with E-state index >= 15 is 0 Å². The average Bonchev–Trinajstić information content (AvgIpc) is 2.70. The summed E-state index contributed by atoms with van der Waals surface area (Å²) < 4.78 is 17.4. The summed E-state index contributed by atoms with van der Waals surface area (Å²) in [5, 5.41) is 4.72. The van der Waals surface area contributed by atoms with Crippen LogP contribution in [-0.4, -0.2) is 24.6 Å². The van der Waals surface area contributed by atoms with Gasteiger partial charge < -0.3 is 15.4 Å². The summed E-state index contributed by atoms with van der Waals surface area (Å²) in [5.41, 5.74) is 0.350. The fraction of sp³-hybridized carbons (Fsp3) is 0.200. The lowest BCUT2D eigenvalue weighted by Crippen LogP contribution is -2.38. The number of ether oxygens (including phenoxy) is 1. The standard InChI is InChI=1S/C10H8ClFN2O3/c11-6-3-5(1-2-7(6)12)13-9(15)8-4-17-10(16)14-8/h1-3,8H,4H2,(H,13,15)(H,14,16). The molecule has 0 aliphatic carbocycles. The molecule has 0 radical (unpaired) electrons. The van der Waals surface area contributed by atoms with E-state index < -0.39 is 23.9 Å². The van der Waals surface area contributed by atoms with Gasteiger partial charge in [-0.15, -0.1) is 0 Å². The molecule has 1 aliphatic rings. The molecule has 1 aromatic carbocycles. The zero-order valence-electron chi connectivity index (χ0n) is 8.50. The van der Waals surface area contributed by atoms with Gasteiger partial charge in [-0.2, -0.15) is 0 Å². The van der Waals surface area contributed by atoms with Crippen LogP contribution in [-0.2, 0) is 9.53 Å². The molecule has 1 atom stereocenters. The Hall–Kier alpha value is -1.82. The summed E-state index contributed by atoms with van der Waals surface area (Å²) in [5.74, 6) is -1.01. The highest BCUT2D eigenvalue weighted by molar-refractivity contribution is 6.31. The highest BCUT2D eigenvalue weighted by Gasteiger charge is 2.28. The second-order valence-electron chi connectivity index (χ2n) is 3.41. The van der Waals surface area contributed by atoms with Crippen molar-refractivity contribution >= 4 is 29.3 Å². The van der Waals surface area contributed by atoms with Gasteiger partial charge in [0.15, 0.2) is 0 Å². The minimum absolute atomic E-state index is 0.0282. The van der Waals surface area contributed by atoms with Crippen LogP contribution in [0.15, 0.2) is 18.2 Å². The van der Waals surface area contributed by atoms with E-state index in [-0.39, 0.29) is 11.6 Å². The molecule has 5 nitrogen and oxygen atoms in total. The van der Waals surface area contributed by atoms with Gasteiger partial charge in [0.25, 0.3) is 5.91 Å². The third-order valence-corrected chi connectivity index (χ3v) is 2.47. The summed E-state index contributed by atoms with van der Waals surface area (Å²) >= 11 is 5.56. The van der Waals surface area contributed by atoms with E-state index in [0.717, 1.165) is 6.07 Å². The molecule has 2 amide bonds. The fourth-order valence-electron chi connectivity index (χ4n) is 1.33. The summed E-state index contributed by atoms with van der Waals surface area (Å²) in [7, 11) is 0. The lowest BCUT2D eigenvalue weighted by molar-refractivity contribution is -0.117. The lowest BCUT2D eigenvalue weighted by Gasteiger charge is -2.09. The molecule has 1 aromatic rings. The number of anilines is 1. The molecule has 0 bridgehead atoms. The summed E-state index contributed by atoms with van der Waals surface area (Å²) in [6.07, 6.45) is -0.637. The Balaban J connectivity index is 2.03. The zero-order chi connectivity index (χ0) is 12.4. The van der Waals surface area contributed by atoms with Crippen LogP contribution in [0.2, 0.25) is 5.02 Å². The van der Waals surface area contributed by atoms with Crippen molar-refractivity contribution in [3.8, 4) is 0 Å². The van der Waals surface area contributed by atoms with E-state index in [1.807, 2.05) is 0 Å². The molecular weight excluding hydrogens is 251 g/mol. The van der Waals surface area contributed by atoms with Gasteiger partial charge in [0.05, 0.1) is 5.02 Å². The van der Waals surface area contributed by atoms with Crippen LogP contribution >= 0.6 is 11.6 Å². The monoisotopic (exact) mass is 258 g/mol. The number of amides is 2. The van der Waals surface area contributed by atoms with Crippen LogP contribution in [0.1, 0.15) is 0 Å². The Morgan fingerprint density at radius 1 is 1.59 bits per heavy atom. The Morgan fingerprint density at radius 3 is 2.94 bits per heavy atom. The molecule has 0 aromatic heterocycles. The number of halogens is 2. The van der Waals surface area contributed by atoms with E-state index in [1.54, 1.807) is 0 Å². The normalized spacial score (nSPS) is 18.5. The number of nitrogens with one attached hydrogen (secondary N) is 2. The number of carbonyl (C=O) groups excluding carboxylic acids is 2. The topological polar surface area (TPSA) is 67.4 Å². The van der Waals surface area contributed by atoms with Crippen LogP contribution in [0.4, 0.5) is 14.9 Å². The predicted octanol–water partition coefficient (Wildman–Crippen LogP) is 1.53. The molecule has 1 fully saturated rings. The largest absolute Gasteiger partial charge is 0.447 e. The summed E-state index contributed by atoms with van der Waals surface area (Å²) in [6, 6.07) is 3.05. The van der Waals surface area contributed by atoms with Crippen molar-refractivity contribution in [1.82, 2.24) is 5.32 Å². The molecule has 2 N–H and O–H groups in total. The number of benzene rings is 1. The Kier molecular flexibility index (Phi) is 3.14. The number of carbonyl (C=O) groups is 2. The predicted molar refractivity (Wildman–Crippen MR) is 58.3 cm³/mol. The number of rotatable bonds is 2. The van der Waals surface area contributed by atoms with Crippen LogP contribution < -0.4 is 10.6 Å². The van der Waals surface area contributed by atoms with E-state index in [4.69, 9.17) is 11.6 Å². The maximum absolute atomic E-state index is 12.9. The highest BCUT2D eigenvalue weighted by Crippen LogP contribution is 2.19. The van der Waals surface area contributed by atoms with E-state index in [1.165, 1.54) is 12.1 Å². The van der Waals surface area contributed by atoms with E-state index in [0.29, 0.717) is 5.69 Å². The van der Waals surface area contributed by atoms with Crippen molar-refractivity contribution in [3.63, 3.8) is 0 Å². The first-order valence-electron chi connectivity index (χ1n) is 4.75. The maximum Gasteiger partial charge on any atom is 0.407 e. The number of hydrogen-bond donors (Lipinski definition) is 2. The molecule has 0 saturated carbocycles. The summed E-state index contributed by atoms with van der Waals surface area (Å²) in [6.45, 7) is -0.0282. The van der Waals surface area contributed by atoms with Gasteiger partial charge in [-0.05, 0) is 18.2 Å². The first-order chi connectivity index (χ1) is 8.06. The Bertz CT molecular complexity index is 481. The second kappa shape index (κ2) is 4.58. The maximum atomic E-state index is 12.9. The zero-order valence-corrected chi connectivity index (χ0v) is 9.25. The Morgan fingerprint density at radius 2 is 2.35 bits per heavy atom. The summed E-state index contributed by atoms with van der Waals surface area (Å²) in [4.78, 5) is 22.3. The highest BCUT2D eigenvalue weighted by atomic mass is 35.5. The molecular formula is C10H8ClFN2O3. The van der Waals surface area contributed by atoms with Crippen molar-refractivity contribution < 1.29 is 18.7 Å². The van der Waals surface area contributed by atoms with Crippen LogP contribution in [0, 0.1) is 5.82 Å². The quantitative estimate of drug-likeness (QED) is 0.845. The van der Waals surface area contributed by atoms with Crippen LogP contribution in [0.5, 0.6) is 0 Å². The first kappa shape index (κ1) is 11.7.